The third kappa shape index (κ3) is 6.41. The van der Waals surface area contributed by atoms with Crippen LogP contribution in [0.15, 0.2) is 218 Å². The lowest BCUT2D eigenvalue weighted by molar-refractivity contribution is 1.12. The van der Waals surface area contributed by atoms with Crippen LogP contribution in [0.1, 0.15) is 5.56 Å². The molecule has 0 unspecified atom stereocenters. The number of hydrogen-bond donors (Lipinski definition) is 0. The molecule has 0 fully saturated rings. The minimum atomic E-state index is 0.521. The first-order valence-corrected chi connectivity index (χ1v) is 21.8. The number of aromatic nitrogens is 4. The van der Waals surface area contributed by atoms with Crippen LogP contribution in [0.3, 0.4) is 0 Å². The topological polar surface area (TPSA) is 63.8 Å². The van der Waals surface area contributed by atoms with Crippen molar-refractivity contribution in [2.45, 2.75) is 0 Å². The van der Waals surface area contributed by atoms with Gasteiger partial charge in [-0.3, -0.25) is 0 Å². The molecular formula is C60H36N6. The van der Waals surface area contributed by atoms with Crippen LogP contribution in [0.25, 0.3) is 116 Å². The van der Waals surface area contributed by atoms with Crippen LogP contribution in [0.5, 0.6) is 0 Å². The zero-order valence-corrected chi connectivity index (χ0v) is 35.5. The fourth-order valence-corrected chi connectivity index (χ4v) is 9.51. The molecule has 6 nitrogen and oxygen atoms in total. The Kier molecular flexibility index (Phi) is 9.16. The predicted molar refractivity (Wildman–Crippen MR) is 269 cm³/mol. The van der Waals surface area contributed by atoms with Gasteiger partial charge >= 0.3 is 0 Å². The standard InChI is InChI=1S/C60H36N6/c1-62-45-20-12-19-41(33-45)44-36-59(65-55-27-10-8-21-46(55)48-34-42(29-31-57(48)65)53-25-13-23-51(63-53)39-15-4-2-5-16-39)50(38-61)60(37-44)66-56-28-11-9-22-47(56)49-35-43(30-32-58(49)66)54-26-14-24-52(64-54)40-17-6-3-7-18-40/h2-37H. The normalized spacial score (nSPS) is 11.3. The maximum Gasteiger partial charge on any atom is 0.187 e. The minimum Gasteiger partial charge on any atom is -0.308 e. The number of nitrogens with zero attached hydrogens (tertiary/aromatic N) is 6. The van der Waals surface area contributed by atoms with Gasteiger partial charge in [0.15, 0.2) is 5.69 Å². The number of benzene rings is 8. The van der Waals surface area contributed by atoms with Crippen molar-refractivity contribution in [2.75, 3.05) is 0 Å². The van der Waals surface area contributed by atoms with Crippen LogP contribution in [-0.2, 0) is 0 Å². The largest absolute Gasteiger partial charge is 0.308 e. The molecule has 0 amide bonds. The van der Waals surface area contributed by atoms with Crippen molar-refractivity contribution >= 4 is 49.3 Å². The quantitative estimate of drug-likeness (QED) is 0.150. The van der Waals surface area contributed by atoms with E-state index in [2.05, 4.69) is 166 Å². The zero-order valence-electron chi connectivity index (χ0n) is 35.5. The Hall–Kier alpha value is -9.36. The van der Waals surface area contributed by atoms with E-state index in [0.717, 1.165) is 111 Å². The summed E-state index contributed by atoms with van der Waals surface area (Å²) in [5.41, 5.74) is 15.9. The highest BCUT2D eigenvalue weighted by Crippen LogP contribution is 2.42. The maximum atomic E-state index is 11.5. The summed E-state index contributed by atoms with van der Waals surface area (Å²) in [6.45, 7) is 7.87. The Bertz CT molecular complexity index is 3740. The number of pyridine rings is 2. The first-order chi connectivity index (χ1) is 32.6. The van der Waals surface area contributed by atoms with E-state index in [9.17, 15) is 5.26 Å². The van der Waals surface area contributed by atoms with Crippen molar-refractivity contribution in [3.05, 3.63) is 235 Å². The van der Waals surface area contributed by atoms with Gasteiger partial charge in [-0.1, -0.05) is 140 Å². The highest BCUT2D eigenvalue weighted by atomic mass is 15.0. The first-order valence-electron chi connectivity index (χ1n) is 21.8. The fourth-order valence-electron chi connectivity index (χ4n) is 9.51. The van der Waals surface area contributed by atoms with Crippen molar-refractivity contribution in [1.82, 2.24) is 19.1 Å². The third-order valence-electron chi connectivity index (χ3n) is 12.6. The Morgan fingerprint density at radius 2 is 0.788 bits per heavy atom. The second-order valence-corrected chi connectivity index (χ2v) is 16.4. The summed E-state index contributed by atoms with van der Waals surface area (Å²) in [5, 5.41) is 15.8. The van der Waals surface area contributed by atoms with E-state index in [4.69, 9.17) is 16.5 Å². The van der Waals surface area contributed by atoms with Gasteiger partial charge in [-0.2, -0.15) is 5.26 Å². The SMILES string of the molecule is [C-]#[N+]c1cccc(-c2cc(-n3c4ccccc4c4cc(-c5cccc(-c6ccccc6)n5)ccc43)c(C#N)c(-n3c4ccccc4c4cc(-c5cccc(-c6ccccc6)n5)ccc43)c2)c1. The molecule has 8 aromatic carbocycles. The molecule has 0 spiro atoms. The fraction of sp³-hybridized carbons (Fsp3) is 0. The van der Waals surface area contributed by atoms with Crippen LogP contribution in [0.4, 0.5) is 5.69 Å². The Balaban J connectivity index is 1.09. The molecule has 306 valence electrons. The Morgan fingerprint density at radius 3 is 1.27 bits per heavy atom. The first kappa shape index (κ1) is 38.3. The summed E-state index contributed by atoms with van der Waals surface area (Å²) in [6, 6.07) is 77.2. The second kappa shape index (κ2) is 15.8. The average Bonchev–Trinajstić information content (AvgIpc) is 3.91. The number of para-hydroxylation sites is 2. The monoisotopic (exact) mass is 840 g/mol. The molecule has 6 heteroatoms. The lowest BCUT2D eigenvalue weighted by Crippen LogP contribution is -2.05. The summed E-state index contributed by atoms with van der Waals surface area (Å²) in [6.07, 6.45) is 0. The summed E-state index contributed by atoms with van der Waals surface area (Å²) in [7, 11) is 0. The highest BCUT2D eigenvalue weighted by molar-refractivity contribution is 6.12. The minimum absolute atomic E-state index is 0.521. The van der Waals surface area contributed by atoms with Crippen LogP contribution in [-0.4, -0.2) is 19.1 Å². The second-order valence-electron chi connectivity index (χ2n) is 16.4. The molecule has 4 aromatic heterocycles. The lowest BCUT2D eigenvalue weighted by atomic mass is 9.99. The molecule has 12 aromatic rings. The molecule has 0 saturated carbocycles. The van der Waals surface area contributed by atoms with Gasteiger partial charge in [-0.25, -0.2) is 14.8 Å². The van der Waals surface area contributed by atoms with E-state index in [1.807, 2.05) is 72.8 Å². The molecule has 0 bridgehead atoms. The lowest BCUT2D eigenvalue weighted by Gasteiger charge is -2.18. The highest BCUT2D eigenvalue weighted by Gasteiger charge is 2.23. The molecule has 12 rings (SSSR count). The summed E-state index contributed by atoms with van der Waals surface area (Å²) < 4.78 is 4.45. The maximum absolute atomic E-state index is 11.5. The van der Waals surface area contributed by atoms with Gasteiger partial charge in [0.05, 0.1) is 62.8 Å². The predicted octanol–water partition coefficient (Wildman–Crippen LogP) is 15.4. The Labute approximate surface area is 381 Å². The van der Waals surface area contributed by atoms with E-state index in [1.165, 1.54) is 0 Å². The van der Waals surface area contributed by atoms with Crippen LogP contribution in [0, 0.1) is 17.9 Å². The molecule has 0 aliphatic rings. The number of hydrogen-bond acceptors (Lipinski definition) is 3. The summed E-state index contributed by atoms with van der Waals surface area (Å²) in [5.74, 6) is 0. The molecule has 0 radical (unpaired) electrons. The third-order valence-corrected chi connectivity index (χ3v) is 12.6. The van der Waals surface area contributed by atoms with Crippen molar-refractivity contribution in [2.24, 2.45) is 0 Å². The van der Waals surface area contributed by atoms with Gasteiger partial charge < -0.3 is 9.13 Å². The van der Waals surface area contributed by atoms with Gasteiger partial charge in [0, 0.05) is 43.8 Å². The molecule has 0 aliphatic carbocycles. The van der Waals surface area contributed by atoms with Gasteiger partial charge in [-0.05, 0) is 90.0 Å². The van der Waals surface area contributed by atoms with Crippen LogP contribution >= 0.6 is 0 Å². The molecule has 0 N–H and O–H groups in total. The number of fused-ring (bicyclic) bond motifs is 6. The molecule has 0 saturated heterocycles. The number of rotatable bonds is 7. The van der Waals surface area contributed by atoms with Crippen molar-refractivity contribution in [1.29, 1.82) is 5.26 Å². The molecule has 66 heavy (non-hydrogen) atoms. The smallest absolute Gasteiger partial charge is 0.187 e. The summed E-state index contributed by atoms with van der Waals surface area (Å²) >= 11 is 0. The van der Waals surface area contributed by atoms with Gasteiger partial charge in [0.2, 0.25) is 0 Å². The van der Waals surface area contributed by atoms with E-state index >= 15 is 0 Å². The average molecular weight is 841 g/mol. The van der Waals surface area contributed by atoms with Gasteiger partial charge in [0.1, 0.15) is 11.6 Å². The van der Waals surface area contributed by atoms with Crippen LogP contribution in [0.2, 0.25) is 0 Å². The van der Waals surface area contributed by atoms with E-state index in [0.29, 0.717) is 11.3 Å². The number of nitriles is 1. The van der Waals surface area contributed by atoms with Gasteiger partial charge in [0.25, 0.3) is 0 Å². The molecule has 4 heterocycles. The van der Waals surface area contributed by atoms with Crippen molar-refractivity contribution in [3.8, 4) is 73.6 Å². The zero-order chi connectivity index (χ0) is 44.1. The van der Waals surface area contributed by atoms with E-state index in [-0.39, 0.29) is 0 Å². The summed E-state index contributed by atoms with van der Waals surface area (Å²) in [4.78, 5) is 14.0. The van der Waals surface area contributed by atoms with E-state index < -0.39 is 0 Å². The van der Waals surface area contributed by atoms with E-state index in [1.54, 1.807) is 0 Å². The Morgan fingerprint density at radius 1 is 0.364 bits per heavy atom. The molecule has 0 atom stereocenters. The van der Waals surface area contributed by atoms with Crippen molar-refractivity contribution < 1.29 is 0 Å². The van der Waals surface area contributed by atoms with Crippen LogP contribution < -0.4 is 0 Å². The van der Waals surface area contributed by atoms with Crippen molar-refractivity contribution in [3.63, 3.8) is 0 Å². The molecule has 0 aliphatic heterocycles. The van der Waals surface area contributed by atoms with Gasteiger partial charge in [-0.15, -0.1) is 0 Å². The molecular weight excluding hydrogens is 805 g/mol.